The molecule has 3 heterocycles. The molecule has 0 aromatic heterocycles. The quantitative estimate of drug-likeness (QED) is 0.536. The lowest BCUT2D eigenvalue weighted by molar-refractivity contribution is -0.549. The van der Waals surface area contributed by atoms with Gasteiger partial charge >= 0.3 is 6.09 Å². The maximum absolute atomic E-state index is 14.2. The summed E-state index contributed by atoms with van der Waals surface area (Å²) in [6, 6.07) is 7.07. The number of carbonyl (C=O) groups is 3. The summed E-state index contributed by atoms with van der Waals surface area (Å²) in [6.07, 6.45) is -0.352. The van der Waals surface area contributed by atoms with E-state index >= 15 is 0 Å². The van der Waals surface area contributed by atoms with Crippen LogP contribution < -0.4 is 5.32 Å². The molecule has 3 amide bonds. The van der Waals surface area contributed by atoms with Crippen molar-refractivity contribution >= 4 is 30.3 Å². The molecule has 1 spiro atoms. The average molecular weight is 468 g/mol. The molecule has 5 atom stereocenters. The lowest BCUT2D eigenvalue weighted by atomic mass is 9.80. The van der Waals surface area contributed by atoms with E-state index in [0.29, 0.717) is 13.0 Å². The summed E-state index contributed by atoms with van der Waals surface area (Å²) in [5.74, 6) is 0.121. The van der Waals surface area contributed by atoms with Crippen molar-refractivity contribution < 1.29 is 23.7 Å². The molecule has 1 saturated carbocycles. The predicted octanol–water partition coefficient (Wildman–Crippen LogP) is 2.67. The first-order valence-corrected chi connectivity index (χ1v) is 12.0. The number of carbonyl (C=O) groups excluding carboxylic acids is 3. The number of likely N-dealkylation sites (tertiary alicyclic amines) is 2. The largest absolute Gasteiger partial charge is 0.444 e. The highest BCUT2D eigenvalue weighted by Crippen LogP contribution is 2.65. The SMILES string of the molecule is C=[N+](C)[C@@H]1C[C@@]2(CN1C(=O)[C@@H]1C3[C@H](CN1C(=O)OC(C)(C)C)C3(C)C)C(=O)Nc1ccccc12. The van der Waals surface area contributed by atoms with Gasteiger partial charge in [0.05, 0.1) is 6.42 Å². The van der Waals surface area contributed by atoms with Crippen LogP contribution in [0.2, 0.25) is 0 Å². The van der Waals surface area contributed by atoms with Crippen molar-refractivity contribution in [2.45, 2.75) is 64.3 Å². The standard InChI is InChI=1S/C26H34N4O4/c1-24(2,3)34-23(33)29-13-16-19(25(16,4)5)20(29)21(31)30-14-26(12-18(30)28(6)7)15-10-8-9-11-17(15)27-22(26)32/h8-11,16,18-20H,6,12-14H2,1-5,7H3/p+1/t16-,18-,19?,20-,26-/m0/s1. The summed E-state index contributed by atoms with van der Waals surface area (Å²) in [6.45, 7) is 14.7. The number of rotatable bonds is 2. The molecule has 2 saturated heterocycles. The van der Waals surface area contributed by atoms with E-state index in [1.54, 1.807) is 14.4 Å². The minimum absolute atomic E-state index is 0.0144. The summed E-state index contributed by atoms with van der Waals surface area (Å²) >= 11 is 0. The van der Waals surface area contributed by atoms with E-state index in [9.17, 15) is 14.4 Å². The summed E-state index contributed by atoms with van der Waals surface area (Å²) in [5.41, 5.74) is 0.233. The van der Waals surface area contributed by atoms with Gasteiger partial charge in [0.2, 0.25) is 12.1 Å². The zero-order valence-corrected chi connectivity index (χ0v) is 20.9. The fourth-order valence-electron chi connectivity index (χ4n) is 6.48. The summed E-state index contributed by atoms with van der Waals surface area (Å²) in [7, 11) is 1.83. The highest BCUT2D eigenvalue weighted by atomic mass is 16.6. The van der Waals surface area contributed by atoms with E-state index < -0.39 is 23.2 Å². The molecular weight excluding hydrogens is 432 g/mol. The van der Waals surface area contributed by atoms with E-state index in [1.807, 2.05) is 52.1 Å². The van der Waals surface area contributed by atoms with E-state index in [0.717, 1.165) is 11.3 Å². The second kappa shape index (κ2) is 7.06. The number of nitrogens with one attached hydrogen (secondary N) is 1. The monoisotopic (exact) mass is 467 g/mol. The van der Waals surface area contributed by atoms with Crippen LogP contribution in [0, 0.1) is 17.3 Å². The summed E-state index contributed by atoms with van der Waals surface area (Å²) < 4.78 is 7.42. The van der Waals surface area contributed by atoms with Crippen LogP contribution in [0.15, 0.2) is 24.3 Å². The Kier molecular flexibility index (Phi) is 4.75. The fraction of sp³-hybridized carbons (Fsp3) is 0.615. The second-order valence-electron chi connectivity index (χ2n) is 12.0. The molecule has 182 valence electrons. The number of piperidine rings is 1. The van der Waals surface area contributed by atoms with Gasteiger partial charge in [0.1, 0.15) is 30.8 Å². The fourth-order valence-corrected chi connectivity index (χ4v) is 6.48. The molecule has 1 aromatic rings. The van der Waals surface area contributed by atoms with Gasteiger partial charge in [0.25, 0.3) is 5.91 Å². The highest BCUT2D eigenvalue weighted by Gasteiger charge is 2.71. The topological polar surface area (TPSA) is 82.0 Å². The van der Waals surface area contributed by atoms with Gasteiger partial charge in [0.15, 0.2) is 0 Å². The number of hydrogen-bond donors (Lipinski definition) is 1. The number of nitrogens with zero attached hydrogens (tertiary/aromatic N) is 3. The number of benzene rings is 1. The van der Waals surface area contributed by atoms with Crippen LogP contribution in [-0.2, 0) is 19.7 Å². The van der Waals surface area contributed by atoms with Crippen molar-refractivity contribution in [1.29, 1.82) is 0 Å². The minimum Gasteiger partial charge on any atom is -0.444 e. The Morgan fingerprint density at radius 1 is 1.21 bits per heavy atom. The van der Waals surface area contributed by atoms with Crippen molar-refractivity contribution in [3.05, 3.63) is 29.8 Å². The molecule has 1 aromatic carbocycles. The molecule has 3 aliphatic heterocycles. The van der Waals surface area contributed by atoms with Crippen molar-refractivity contribution in [2.24, 2.45) is 17.3 Å². The Morgan fingerprint density at radius 2 is 1.88 bits per heavy atom. The molecule has 0 radical (unpaired) electrons. The molecule has 1 N–H and O–H groups in total. The molecule has 0 bridgehead atoms. The first kappa shape index (κ1) is 22.9. The molecule has 8 heteroatoms. The first-order chi connectivity index (χ1) is 15.8. The van der Waals surface area contributed by atoms with Gasteiger partial charge in [-0.25, -0.2) is 9.37 Å². The van der Waals surface area contributed by atoms with Gasteiger partial charge in [-0.1, -0.05) is 32.0 Å². The van der Waals surface area contributed by atoms with Crippen LogP contribution >= 0.6 is 0 Å². The molecule has 34 heavy (non-hydrogen) atoms. The molecule has 4 aliphatic rings. The number of ether oxygens (including phenoxy) is 1. The molecule has 8 nitrogen and oxygen atoms in total. The van der Waals surface area contributed by atoms with Crippen molar-refractivity contribution in [3.63, 3.8) is 0 Å². The maximum Gasteiger partial charge on any atom is 0.410 e. The summed E-state index contributed by atoms with van der Waals surface area (Å²) in [4.78, 5) is 43.9. The number of fused-ring (bicyclic) bond motifs is 3. The van der Waals surface area contributed by atoms with Crippen molar-refractivity contribution in [1.82, 2.24) is 9.80 Å². The van der Waals surface area contributed by atoms with Crippen molar-refractivity contribution in [2.75, 3.05) is 25.5 Å². The molecule has 3 fully saturated rings. The Morgan fingerprint density at radius 3 is 2.53 bits per heavy atom. The van der Waals surface area contributed by atoms with Gasteiger partial charge in [-0.3, -0.25) is 19.4 Å². The Balaban J connectivity index is 1.49. The third-order valence-corrected chi connectivity index (χ3v) is 8.34. The Bertz CT molecular complexity index is 1110. The number of hydrogen-bond acceptors (Lipinski definition) is 4. The van der Waals surface area contributed by atoms with Gasteiger partial charge in [-0.2, -0.15) is 0 Å². The number of anilines is 1. The van der Waals surface area contributed by atoms with E-state index in [-0.39, 0.29) is 41.8 Å². The maximum atomic E-state index is 14.2. The average Bonchev–Trinajstić information content (AvgIpc) is 3.17. The normalized spacial score (nSPS) is 32.9. The zero-order chi connectivity index (χ0) is 24.8. The van der Waals surface area contributed by atoms with Gasteiger partial charge in [0, 0.05) is 18.8 Å². The lowest BCUT2D eigenvalue weighted by Crippen LogP contribution is -2.55. The van der Waals surface area contributed by atoms with Gasteiger partial charge in [-0.05, 0) is 49.7 Å². The molecule has 1 aliphatic carbocycles. The summed E-state index contributed by atoms with van der Waals surface area (Å²) in [5, 5.41) is 3.00. The third-order valence-electron chi connectivity index (χ3n) is 8.34. The molecule has 1 unspecified atom stereocenters. The predicted molar refractivity (Wildman–Crippen MR) is 128 cm³/mol. The zero-order valence-electron chi connectivity index (χ0n) is 20.9. The van der Waals surface area contributed by atoms with Crippen molar-refractivity contribution in [3.8, 4) is 0 Å². The van der Waals surface area contributed by atoms with Crippen LogP contribution in [0.3, 0.4) is 0 Å². The number of para-hydroxylation sites is 1. The first-order valence-electron chi connectivity index (χ1n) is 12.0. The Labute approximate surface area is 200 Å². The van der Waals surface area contributed by atoms with Gasteiger partial charge in [-0.15, -0.1) is 0 Å². The van der Waals surface area contributed by atoms with Crippen LogP contribution in [0.1, 0.15) is 46.6 Å². The van der Waals surface area contributed by atoms with Crippen LogP contribution in [0.25, 0.3) is 0 Å². The number of amides is 3. The highest BCUT2D eigenvalue weighted by molar-refractivity contribution is 6.07. The Hall–Kier alpha value is -2.90. The molecular formula is C26H35N4O4+. The van der Waals surface area contributed by atoms with Crippen LogP contribution in [0.4, 0.5) is 10.5 Å². The minimum atomic E-state index is -0.823. The second-order valence-corrected chi connectivity index (χ2v) is 12.0. The van der Waals surface area contributed by atoms with E-state index in [1.165, 1.54) is 0 Å². The lowest BCUT2D eigenvalue weighted by Gasteiger charge is -2.34. The van der Waals surface area contributed by atoms with E-state index in [2.05, 4.69) is 25.9 Å². The third kappa shape index (κ3) is 3.17. The van der Waals surface area contributed by atoms with E-state index in [4.69, 9.17) is 4.74 Å². The van der Waals surface area contributed by atoms with Crippen LogP contribution in [-0.4, -0.2) is 76.9 Å². The van der Waals surface area contributed by atoms with Gasteiger partial charge < -0.3 is 10.1 Å². The van der Waals surface area contributed by atoms with Crippen LogP contribution in [0.5, 0.6) is 0 Å². The molecule has 5 rings (SSSR count). The smallest absolute Gasteiger partial charge is 0.410 e.